The summed E-state index contributed by atoms with van der Waals surface area (Å²) in [6, 6.07) is 7.30. The molecule has 1 unspecified atom stereocenters. The van der Waals surface area contributed by atoms with E-state index in [0.29, 0.717) is 31.2 Å². The Labute approximate surface area is 124 Å². The van der Waals surface area contributed by atoms with Gasteiger partial charge in [0.25, 0.3) is 0 Å². The third kappa shape index (κ3) is 4.56. The Bertz CT molecular complexity index is 495. The fourth-order valence-corrected chi connectivity index (χ4v) is 2.19. The van der Waals surface area contributed by atoms with Crippen LogP contribution in [0.25, 0.3) is 0 Å². The Kier molecular flexibility index (Phi) is 5.33. The molecule has 0 bridgehead atoms. The Hall–Kier alpha value is -1.88. The van der Waals surface area contributed by atoms with E-state index in [1.54, 1.807) is 19.1 Å². The Morgan fingerprint density at radius 2 is 2.00 bits per heavy atom. The maximum atomic E-state index is 12.3. The molecule has 1 aromatic rings. The molecule has 0 aromatic heterocycles. The average Bonchev–Trinajstić information content (AvgIpc) is 3.29. The minimum Gasteiger partial charge on any atom is -0.465 e. The molecule has 1 aliphatic carbocycles. The Morgan fingerprint density at radius 1 is 1.33 bits per heavy atom. The summed E-state index contributed by atoms with van der Waals surface area (Å²) >= 11 is 0. The number of carbonyl (C=O) groups is 2. The van der Waals surface area contributed by atoms with E-state index < -0.39 is 11.9 Å². The minimum atomic E-state index is -0.716. The van der Waals surface area contributed by atoms with Crippen molar-refractivity contribution in [2.45, 2.75) is 32.7 Å². The Morgan fingerprint density at radius 3 is 2.52 bits per heavy atom. The standard InChI is InChI=1S/C16H22N2O3/c1-2-21-16(20)14(9-11-3-4-11)15(19)18-13-7-5-12(10-17)6-8-13/h5-8,11,14H,2-4,9-10,17H2,1H3,(H,18,19). The van der Waals surface area contributed by atoms with Crippen LogP contribution in [0, 0.1) is 11.8 Å². The molecule has 2 rings (SSSR count). The highest BCUT2D eigenvalue weighted by Gasteiger charge is 2.34. The fourth-order valence-electron chi connectivity index (χ4n) is 2.19. The number of ether oxygens (including phenoxy) is 1. The van der Waals surface area contributed by atoms with Crippen LogP contribution < -0.4 is 11.1 Å². The summed E-state index contributed by atoms with van der Waals surface area (Å²) in [7, 11) is 0. The molecule has 0 saturated heterocycles. The van der Waals surface area contributed by atoms with Crippen LogP contribution in [0.2, 0.25) is 0 Å². The van der Waals surface area contributed by atoms with Crippen molar-refractivity contribution in [2.75, 3.05) is 11.9 Å². The molecule has 0 heterocycles. The van der Waals surface area contributed by atoms with Gasteiger partial charge < -0.3 is 15.8 Å². The molecule has 1 amide bonds. The number of benzene rings is 1. The third-order valence-corrected chi connectivity index (χ3v) is 3.61. The zero-order valence-corrected chi connectivity index (χ0v) is 12.3. The maximum absolute atomic E-state index is 12.3. The van der Waals surface area contributed by atoms with Gasteiger partial charge in [-0.1, -0.05) is 25.0 Å². The summed E-state index contributed by atoms with van der Waals surface area (Å²) in [5, 5.41) is 2.79. The number of hydrogen-bond acceptors (Lipinski definition) is 4. The molecule has 114 valence electrons. The van der Waals surface area contributed by atoms with Crippen molar-refractivity contribution in [1.29, 1.82) is 0 Å². The number of hydrogen-bond donors (Lipinski definition) is 2. The van der Waals surface area contributed by atoms with Crippen LogP contribution in [-0.2, 0) is 20.9 Å². The molecule has 0 aliphatic heterocycles. The summed E-state index contributed by atoms with van der Waals surface area (Å²) < 4.78 is 5.01. The molecular formula is C16H22N2O3. The van der Waals surface area contributed by atoms with Crippen molar-refractivity contribution in [1.82, 2.24) is 0 Å². The van der Waals surface area contributed by atoms with E-state index in [1.165, 1.54) is 0 Å². The molecule has 1 aliphatic rings. The van der Waals surface area contributed by atoms with Crippen molar-refractivity contribution >= 4 is 17.6 Å². The smallest absolute Gasteiger partial charge is 0.318 e. The molecule has 5 nitrogen and oxygen atoms in total. The molecule has 1 aromatic carbocycles. The highest BCUT2D eigenvalue weighted by molar-refractivity contribution is 6.04. The second-order valence-corrected chi connectivity index (χ2v) is 5.37. The largest absolute Gasteiger partial charge is 0.465 e. The number of anilines is 1. The van der Waals surface area contributed by atoms with Crippen LogP contribution in [0.3, 0.4) is 0 Å². The number of esters is 1. The van der Waals surface area contributed by atoms with Gasteiger partial charge in [-0.3, -0.25) is 9.59 Å². The normalized spacial score (nSPS) is 15.3. The minimum absolute atomic E-state index is 0.290. The summed E-state index contributed by atoms with van der Waals surface area (Å²) in [4.78, 5) is 24.2. The molecule has 5 heteroatoms. The summed E-state index contributed by atoms with van der Waals surface area (Å²) in [6.07, 6.45) is 2.76. The molecule has 1 fully saturated rings. The van der Waals surface area contributed by atoms with Crippen LogP contribution in [-0.4, -0.2) is 18.5 Å². The Balaban J connectivity index is 2.00. The summed E-state index contributed by atoms with van der Waals surface area (Å²) in [6.45, 7) is 2.50. The number of nitrogens with two attached hydrogens (primary N) is 1. The van der Waals surface area contributed by atoms with Gasteiger partial charge in [0, 0.05) is 12.2 Å². The lowest BCUT2D eigenvalue weighted by Crippen LogP contribution is -2.31. The lowest BCUT2D eigenvalue weighted by molar-refractivity contribution is -0.151. The van der Waals surface area contributed by atoms with Gasteiger partial charge in [0.2, 0.25) is 5.91 Å². The molecule has 1 atom stereocenters. The van der Waals surface area contributed by atoms with E-state index in [-0.39, 0.29) is 5.91 Å². The lowest BCUT2D eigenvalue weighted by atomic mass is 10.0. The second kappa shape index (κ2) is 7.22. The predicted molar refractivity (Wildman–Crippen MR) is 80.4 cm³/mol. The van der Waals surface area contributed by atoms with Gasteiger partial charge in [0.1, 0.15) is 5.92 Å². The number of nitrogens with one attached hydrogen (secondary N) is 1. The van der Waals surface area contributed by atoms with E-state index in [2.05, 4.69) is 5.32 Å². The van der Waals surface area contributed by atoms with Gasteiger partial charge in [0.05, 0.1) is 6.61 Å². The first-order valence-corrected chi connectivity index (χ1v) is 7.40. The summed E-state index contributed by atoms with van der Waals surface area (Å²) in [5.74, 6) is -0.960. The number of rotatable bonds is 7. The summed E-state index contributed by atoms with van der Waals surface area (Å²) in [5.41, 5.74) is 7.20. The van der Waals surface area contributed by atoms with Crippen LogP contribution in [0.15, 0.2) is 24.3 Å². The fraction of sp³-hybridized carbons (Fsp3) is 0.500. The molecule has 3 N–H and O–H groups in total. The highest BCUT2D eigenvalue weighted by Crippen LogP contribution is 2.36. The van der Waals surface area contributed by atoms with Gasteiger partial charge >= 0.3 is 5.97 Å². The van der Waals surface area contributed by atoms with E-state index >= 15 is 0 Å². The van der Waals surface area contributed by atoms with Gasteiger partial charge in [-0.15, -0.1) is 0 Å². The predicted octanol–water partition coefficient (Wildman–Crippen LogP) is 2.06. The molecular weight excluding hydrogens is 268 g/mol. The molecule has 0 spiro atoms. The van der Waals surface area contributed by atoms with Crippen LogP contribution >= 0.6 is 0 Å². The SMILES string of the molecule is CCOC(=O)C(CC1CC1)C(=O)Nc1ccc(CN)cc1. The lowest BCUT2D eigenvalue weighted by Gasteiger charge is -2.15. The first kappa shape index (κ1) is 15.5. The zero-order chi connectivity index (χ0) is 15.2. The van der Waals surface area contributed by atoms with Crippen LogP contribution in [0.4, 0.5) is 5.69 Å². The average molecular weight is 290 g/mol. The highest BCUT2D eigenvalue weighted by atomic mass is 16.5. The van der Waals surface area contributed by atoms with E-state index in [0.717, 1.165) is 18.4 Å². The van der Waals surface area contributed by atoms with Crippen LogP contribution in [0.5, 0.6) is 0 Å². The van der Waals surface area contributed by atoms with Gasteiger partial charge in [-0.2, -0.15) is 0 Å². The van der Waals surface area contributed by atoms with Crippen molar-refractivity contribution in [3.63, 3.8) is 0 Å². The molecule has 21 heavy (non-hydrogen) atoms. The molecule has 0 radical (unpaired) electrons. The van der Waals surface area contributed by atoms with Gasteiger partial charge in [-0.25, -0.2) is 0 Å². The maximum Gasteiger partial charge on any atom is 0.318 e. The quantitative estimate of drug-likeness (QED) is 0.595. The number of carbonyl (C=O) groups excluding carboxylic acids is 2. The third-order valence-electron chi connectivity index (χ3n) is 3.61. The second-order valence-electron chi connectivity index (χ2n) is 5.37. The number of amides is 1. The topological polar surface area (TPSA) is 81.4 Å². The van der Waals surface area contributed by atoms with Crippen molar-refractivity contribution in [2.24, 2.45) is 17.6 Å². The zero-order valence-electron chi connectivity index (χ0n) is 12.3. The van der Waals surface area contributed by atoms with Crippen molar-refractivity contribution in [3.05, 3.63) is 29.8 Å². The molecule has 1 saturated carbocycles. The monoisotopic (exact) mass is 290 g/mol. The van der Waals surface area contributed by atoms with Gasteiger partial charge in [0.15, 0.2) is 0 Å². The van der Waals surface area contributed by atoms with Crippen molar-refractivity contribution in [3.8, 4) is 0 Å². The van der Waals surface area contributed by atoms with E-state index in [4.69, 9.17) is 10.5 Å². The first-order valence-electron chi connectivity index (χ1n) is 7.40. The van der Waals surface area contributed by atoms with Crippen molar-refractivity contribution < 1.29 is 14.3 Å². The first-order chi connectivity index (χ1) is 10.1. The van der Waals surface area contributed by atoms with Crippen LogP contribution in [0.1, 0.15) is 31.7 Å². The van der Waals surface area contributed by atoms with E-state index in [9.17, 15) is 9.59 Å². The van der Waals surface area contributed by atoms with E-state index in [1.807, 2.05) is 12.1 Å². The van der Waals surface area contributed by atoms with Gasteiger partial charge in [-0.05, 0) is 37.0 Å².